The van der Waals surface area contributed by atoms with Crippen molar-refractivity contribution in [1.29, 1.82) is 0 Å². The van der Waals surface area contributed by atoms with E-state index in [0.717, 1.165) is 12.1 Å². The molecule has 0 saturated carbocycles. The van der Waals surface area contributed by atoms with Gasteiger partial charge in [-0.1, -0.05) is 0 Å². The zero-order valence-electron chi connectivity index (χ0n) is 9.49. The zero-order chi connectivity index (χ0) is 13.9. The molecule has 0 heterocycles. The van der Waals surface area contributed by atoms with E-state index in [0.29, 0.717) is 4.90 Å². The first-order valence-corrected chi connectivity index (χ1v) is 5.67. The molecule has 1 aromatic rings. The molecule has 1 nitrogen and oxygen atoms in total. The molecule has 0 atom stereocenters. The van der Waals surface area contributed by atoms with Gasteiger partial charge in [0, 0.05) is 12.4 Å². The molecule has 0 amide bonds. The van der Waals surface area contributed by atoms with Gasteiger partial charge in [-0.25, -0.2) is 8.78 Å². The molecule has 7 heteroatoms. The van der Waals surface area contributed by atoms with Crippen molar-refractivity contribution in [1.82, 2.24) is 0 Å². The van der Waals surface area contributed by atoms with Crippen LogP contribution in [0.3, 0.4) is 0 Å². The van der Waals surface area contributed by atoms with E-state index in [1.807, 2.05) is 0 Å². The van der Waals surface area contributed by atoms with Crippen molar-refractivity contribution >= 4 is 17.3 Å². The minimum absolute atomic E-state index is 0.112. The second kappa shape index (κ2) is 5.73. The summed E-state index contributed by atoms with van der Waals surface area (Å²) in [5, 5.41) is 0. The quantitative estimate of drug-likeness (QED) is 0.595. The van der Waals surface area contributed by atoms with E-state index < -0.39 is 30.0 Å². The fraction of sp³-hybridized carbons (Fsp3) is 0.455. The van der Waals surface area contributed by atoms with Crippen molar-refractivity contribution in [2.45, 2.75) is 19.0 Å². The first-order valence-electron chi connectivity index (χ1n) is 5.14. The summed E-state index contributed by atoms with van der Waals surface area (Å²) in [5.41, 5.74) is -0.498. The SMILES string of the molecule is CCN(CC(F)(F)F)c1c(F)cc(CCl)cc1F. The van der Waals surface area contributed by atoms with E-state index >= 15 is 0 Å². The van der Waals surface area contributed by atoms with E-state index in [1.165, 1.54) is 6.92 Å². The normalized spacial score (nSPS) is 11.7. The van der Waals surface area contributed by atoms with E-state index in [2.05, 4.69) is 0 Å². The molecule has 0 N–H and O–H groups in total. The topological polar surface area (TPSA) is 3.24 Å². The molecule has 0 saturated heterocycles. The highest BCUT2D eigenvalue weighted by atomic mass is 35.5. The third kappa shape index (κ3) is 3.73. The molecule has 0 aliphatic carbocycles. The Balaban J connectivity index is 3.14. The fourth-order valence-electron chi connectivity index (χ4n) is 1.56. The number of nitrogens with zero attached hydrogens (tertiary/aromatic N) is 1. The summed E-state index contributed by atoms with van der Waals surface area (Å²) in [5.74, 6) is -2.20. The van der Waals surface area contributed by atoms with Gasteiger partial charge in [0.05, 0.1) is 0 Å². The summed E-state index contributed by atoms with van der Waals surface area (Å²) < 4.78 is 64.0. The zero-order valence-corrected chi connectivity index (χ0v) is 10.2. The first-order chi connectivity index (χ1) is 8.28. The van der Waals surface area contributed by atoms with Crippen LogP contribution in [0.4, 0.5) is 27.6 Å². The predicted octanol–water partition coefficient (Wildman–Crippen LogP) is 4.09. The molecule has 0 aliphatic rings. The second-order valence-corrected chi connectivity index (χ2v) is 3.94. The smallest absolute Gasteiger partial charge is 0.358 e. The average molecular weight is 288 g/mol. The van der Waals surface area contributed by atoms with Crippen molar-refractivity contribution in [3.05, 3.63) is 29.3 Å². The van der Waals surface area contributed by atoms with Crippen LogP contribution >= 0.6 is 11.6 Å². The molecule has 0 bridgehead atoms. The average Bonchev–Trinajstić information content (AvgIpc) is 2.24. The van der Waals surface area contributed by atoms with Crippen LogP contribution in [0.5, 0.6) is 0 Å². The number of alkyl halides is 4. The highest BCUT2D eigenvalue weighted by molar-refractivity contribution is 6.17. The van der Waals surface area contributed by atoms with Gasteiger partial charge < -0.3 is 4.90 Å². The Bertz CT molecular complexity index is 395. The van der Waals surface area contributed by atoms with E-state index in [4.69, 9.17) is 11.6 Å². The van der Waals surface area contributed by atoms with Crippen molar-refractivity contribution < 1.29 is 22.0 Å². The molecule has 0 spiro atoms. The molecule has 18 heavy (non-hydrogen) atoms. The van der Waals surface area contributed by atoms with Gasteiger partial charge in [-0.2, -0.15) is 13.2 Å². The third-order valence-corrected chi connectivity index (χ3v) is 2.61. The maximum Gasteiger partial charge on any atom is 0.405 e. The lowest BCUT2D eigenvalue weighted by molar-refractivity contribution is -0.119. The maximum absolute atomic E-state index is 13.6. The summed E-state index contributed by atoms with van der Waals surface area (Å²) in [6, 6.07) is 1.87. The number of halogens is 6. The van der Waals surface area contributed by atoms with E-state index in [1.54, 1.807) is 0 Å². The van der Waals surface area contributed by atoms with E-state index in [-0.39, 0.29) is 18.0 Å². The number of benzene rings is 1. The van der Waals surface area contributed by atoms with Crippen molar-refractivity contribution in [3.63, 3.8) is 0 Å². The second-order valence-electron chi connectivity index (χ2n) is 3.67. The van der Waals surface area contributed by atoms with Crippen LogP contribution in [0, 0.1) is 11.6 Å². The largest absolute Gasteiger partial charge is 0.405 e. The molecule has 0 unspecified atom stereocenters. The van der Waals surface area contributed by atoms with Gasteiger partial charge in [0.2, 0.25) is 0 Å². The Morgan fingerprint density at radius 3 is 2.00 bits per heavy atom. The molecule has 1 rings (SSSR count). The predicted molar refractivity (Wildman–Crippen MR) is 59.9 cm³/mol. The van der Waals surface area contributed by atoms with Crippen LogP contribution in [-0.4, -0.2) is 19.3 Å². The Kier molecular flexibility index (Phi) is 4.78. The van der Waals surface area contributed by atoms with Crippen LogP contribution in [0.25, 0.3) is 0 Å². The van der Waals surface area contributed by atoms with Crippen LogP contribution in [0.1, 0.15) is 12.5 Å². The molecular weight excluding hydrogens is 277 g/mol. The van der Waals surface area contributed by atoms with Gasteiger partial charge in [0.1, 0.15) is 23.9 Å². The van der Waals surface area contributed by atoms with Crippen LogP contribution in [-0.2, 0) is 5.88 Å². The number of hydrogen-bond donors (Lipinski definition) is 0. The summed E-state index contributed by atoms with van der Waals surface area (Å²) >= 11 is 5.42. The maximum atomic E-state index is 13.6. The van der Waals surface area contributed by atoms with Gasteiger partial charge in [-0.15, -0.1) is 11.6 Å². The number of hydrogen-bond acceptors (Lipinski definition) is 1. The molecule has 0 radical (unpaired) electrons. The molecular formula is C11H11ClF5N. The minimum Gasteiger partial charge on any atom is -0.358 e. The lowest BCUT2D eigenvalue weighted by Crippen LogP contribution is -2.35. The van der Waals surface area contributed by atoms with Gasteiger partial charge in [-0.05, 0) is 24.6 Å². The molecule has 102 valence electrons. The fourth-order valence-corrected chi connectivity index (χ4v) is 1.72. The lowest BCUT2D eigenvalue weighted by Gasteiger charge is -2.25. The molecule has 0 aromatic heterocycles. The highest BCUT2D eigenvalue weighted by Gasteiger charge is 2.32. The number of anilines is 1. The van der Waals surface area contributed by atoms with Crippen molar-refractivity contribution in [2.75, 3.05) is 18.0 Å². The minimum atomic E-state index is -4.53. The van der Waals surface area contributed by atoms with Crippen LogP contribution < -0.4 is 4.90 Å². The Morgan fingerprint density at radius 1 is 1.17 bits per heavy atom. The Morgan fingerprint density at radius 2 is 1.67 bits per heavy atom. The molecule has 1 aromatic carbocycles. The van der Waals surface area contributed by atoms with Crippen molar-refractivity contribution in [2.24, 2.45) is 0 Å². The summed E-state index contributed by atoms with van der Waals surface area (Å²) in [7, 11) is 0. The lowest BCUT2D eigenvalue weighted by atomic mass is 10.2. The number of rotatable bonds is 4. The van der Waals surface area contributed by atoms with Gasteiger partial charge in [-0.3, -0.25) is 0 Å². The monoisotopic (exact) mass is 287 g/mol. The third-order valence-electron chi connectivity index (χ3n) is 2.30. The molecule has 0 aliphatic heterocycles. The first kappa shape index (κ1) is 15.0. The standard InChI is InChI=1S/C11H11ClF5N/c1-2-18(6-11(15,16)17)10-8(13)3-7(5-12)4-9(10)14/h3-4H,2,5-6H2,1H3. The van der Waals surface area contributed by atoms with Crippen LogP contribution in [0.2, 0.25) is 0 Å². The van der Waals surface area contributed by atoms with Crippen molar-refractivity contribution in [3.8, 4) is 0 Å². The highest BCUT2D eigenvalue weighted by Crippen LogP contribution is 2.28. The molecule has 0 fully saturated rings. The summed E-state index contributed by atoms with van der Waals surface area (Å²) in [6.07, 6.45) is -4.53. The Labute approximate surface area is 106 Å². The Hall–Kier alpha value is -1.04. The van der Waals surface area contributed by atoms with Gasteiger partial charge in [0.25, 0.3) is 0 Å². The van der Waals surface area contributed by atoms with Crippen LogP contribution in [0.15, 0.2) is 12.1 Å². The van der Waals surface area contributed by atoms with E-state index in [9.17, 15) is 22.0 Å². The summed E-state index contributed by atoms with van der Waals surface area (Å²) in [6.45, 7) is -0.175. The van der Waals surface area contributed by atoms with Gasteiger partial charge in [0.15, 0.2) is 0 Å². The van der Waals surface area contributed by atoms with Gasteiger partial charge >= 0.3 is 6.18 Å². The summed E-state index contributed by atoms with van der Waals surface area (Å²) in [4.78, 5) is 0.600.